The molecule has 1 amide bonds. The van der Waals surface area contributed by atoms with Crippen molar-refractivity contribution >= 4 is 11.7 Å². The zero-order chi connectivity index (χ0) is 17.6. The first kappa shape index (κ1) is 16.6. The molecule has 0 aliphatic rings. The van der Waals surface area contributed by atoms with Crippen LogP contribution in [0.5, 0.6) is 0 Å². The maximum absolute atomic E-state index is 11.7. The lowest BCUT2D eigenvalue weighted by Gasteiger charge is -2.08. The standard InChI is InChI=1S/C16H20N8O/c1-12-10-13(2)24(22-12)15-5-4-14(20-21-15)17-7-8-18-16(25)11-23-9-3-6-19-23/h3-6,9-10H,7-8,11H2,1-2H3,(H,17,20)(H,18,25). The van der Waals surface area contributed by atoms with Crippen molar-refractivity contribution in [2.75, 3.05) is 18.4 Å². The van der Waals surface area contributed by atoms with Crippen LogP contribution in [0.1, 0.15) is 11.4 Å². The molecule has 0 spiro atoms. The summed E-state index contributed by atoms with van der Waals surface area (Å²) in [6.07, 6.45) is 3.39. The van der Waals surface area contributed by atoms with E-state index in [1.165, 1.54) is 0 Å². The molecule has 0 unspecified atom stereocenters. The molecule has 0 bridgehead atoms. The fourth-order valence-corrected chi connectivity index (χ4v) is 2.38. The second-order valence-electron chi connectivity index (χ2n) is 5.60. The van der Waals surface area contributed by atoms with Gasteiger partial charge in [-0.2, -0.15) is 10.2 Å². The van der Waals surface area contributed by atoms with Crippen molar-refractivity contribution in [1.82, 2.24) is 35.1 Å². The Balaban J connectivity index is 1.44. The number of aromatic nitrogens is 6. The minimum atomic E-state index is -0.0866. The molecule has 9 nitrogen and oxygen atoms in total. The summed E-state index contributed by atoms with van der Waals surface area (Å²) in [5, 5.41) is 22.6. The lowest BCUT2D eigenvalue weighted by molar-refractivity contribution is -0.121. The molecule has 3 heterocycles. The van der Waals surface area contributed by atoms with E-state index in [0.29, 0.717) is 24.7 Å². The van der Waals surface area contributed by atoms with E-state index in [1.54, 1.807) is 27.8 Å². The highest BCUT2D eigenvalue weighted by molar-refractivity contribution is 5.75. The van der Waals surface area contributed by atoms with Crippen LogP contribution in [0, 0.1) is 13.8 Å². The van der Waals surface area contributed by atoms with Crippen LogP contribution in [-0.2, 0) is 11.3 Å². The lowest BCUT2D eigenvalue weighted by atomic mass is 10.4. The highest BCUT2D eigenvalue weighted by Crippen LogP contribution is 2.10. The van der Waals surface area contributed by atoms with E-state index in [9.17, 15) is 4.79 Å². The second kappa shape index (κ2) is 7.56. The van der Waals surface area contributed by atoms with Crippen LogP contribution in [0.2, 0.25) is 0 Å². The summed E-state index contributed by atoms with van der Waals surface area (Å²) < 4.78 is 3.33. The van der Waals surface area contributed by atoms with Crippen molar-refractivity contribution in [3.63, 3.8) is 0 Å². The van der Waals surface area contributed by atoms with Crippen molar-refractivity contribution in [3.8, 4) is 5.82 Å². The predicted molar refractivity (Wildman–Crippen MR) is 92.4 cm³/mol. The van der Waals surface area contributed by atoms with Gasteiger partial charge in [-0.3, -0.25) is 9.48 Å². The zero-order valence-corrected chi connectivity index (χ0v) is 14.2. The van der Waals surface area contributed by atoms with Gasteiger partial charge in [0.15, 0.2) is 5.82 Å². The lowest BCUT2D eigenvalue weighted by Crippen LogP contribution is -2.31. The van der Waals surface area contributed by atoms with E-state index in [-0.39, 0.29) is 12.5 Å². The molecule has 3 rings (SSSR count). The second-order valence-corrected chi connectivity index (χ2v) is 5.60. The molecule has 3 aromatic heterocycles. The van der Waals surface area contributed by atoms with E-state index < -0.39 is 0 Å². The van der Waals surface area contributed by atoms with Crippen molar-refractivity contribution in [1.29, 1.82) is 0 Å². The van der Waals surface area contributed by atoms with Crippen molar-refractivity contribution in [2.45, 2.75) is 20.4 Å². The van der Waals surface area contributed by atoms with Gasteiger partial charge in [-0.05, 0) is 38.1 Å². The average molecular weight is 340 g/mol. The Morgan fingerprint density at radius 3 is 2.72 bits per heavy atom. The zero-order valence-electron chi connectivity index (χ0n) is 14.2. The number of hydrogen-bond acceptors (Lipinski definition) is 6. The minimum Gasteiger partial charge on any atom is -0.367 e. The highest BCUT2D eigenvalue weighted by Gasteiger charge is 2.06. The van der Waals surface area contributed by atoms with Crippen molar-refractivity contribution in [3.05, 3.63) is 48.0 Å². The van der Waals surface area contributed by atoms with Crippen LogP contribution < -0.4 is 10.6 Å². The number of carbonyl (C=O) groups is 1. The van der Waals surface area contributed by atoms with E-state index in [2.05, 4.69) is 31.0 Å². The van der Waals surface area contributed by atoms with Crippen LogP contribution in [0.3, 0.4) is 0 Å². The van der Waals surface area contributed by atoms with E-state index in [4.69, 9.17) is 0 Å². The summed E-state index contributed by atoms with van der Waals surface area (Å²) in [5.41, 5.74) is 1.94. The van der Waals surface area contributed by atoms with Gasteiger partial charge in [-0.1, -0.05) is 0 Å². The third-order valence-corrected chi connectivity index (χ3v) is 3.50. The Kier molecular flexibility index (Phi) is 5.03. The van der Waals surface area contributed by atoms with Gasteiger partial charge in [0.2, 0.25) is 5.91 Å². The summed E-state index contributed by atoms with van der Waals surface area (Å²) in [6, 6.07) is 7.46. The number of aryl methyl sites for hydroxylation is 2. The topological polar surface area (TPSA) is 103 Å². The first-order chi connectivity index (χ1) is 12.1. The molecule has 0 fully saturated rings. The third-order valence-electron chi connectivity index (χ3n) is 3.50. The fourth-order valence-electron chi connectivity index (χ4n) is 2.38. The molecule has 0 atom stereocenters. The van der Waals surface area contributed by atoms with Crippen LogP contribution in [0.4, 0.5) is 5.82 Å². The number of nitrogens with zero attached hydrogens (tertiary/aromatic N) is 6. The normalized spacial score (nSPS) is 10.6. The summed E-state index contributed by atoms with van der Waals surface area (Å²) in [5.74, 6) is 1.23. The smallest absolute Gasteiger partial charge is 0.241 e. The van der Waals surface area contributed by atoms with Gasteiger partial charge in [0.1, 0.15) is 12.4 Å². The van der Waals surface area contributed by atoms with Crippen LogP contribution >= 0.6 is 0 Å². The molecule has 25 heavy (non-hydrogen) atoms. The fraction of sp³-hybridized carbons (Fsp3) is 0.312. The highest BCUT2D eigenvalue weighted by atomic mass is 16.2. The van der Waals surface area contributed by atoms with Gasteiger partial charge in [-0.15, -0.1) is 10.2 Å². The molecular formula is C16H20N8O. The quantitative estimate of drug-likeness (QED) is 0.614. The summed E-state index contributed by atoms with van der Waals surface area (Å²) in [6.45, 7) is 5.16. The Morgan fingerprint density at radius 1 is 1.20 bits per heavy atom. The molecule has 3 aromatic rings. The number of carbonyl (C=O) groups excluding carboxylic acids is 1. The SMILES string of the molecule is Cc1cc(C)n(-c2ccc(NCCNC(=O)Cn3cccn3)nn2)n1. The number of hydrogen-bond donors (Lipinski definition) is 2. The number of amides is 1. The predicted octanol–water partition coefficient (Wildman–Crippen LogP) is 0.704. The molecule has 0 saturated heterocycles. The first-order valence-electron chi connectivity index (χ1n) is 7.97. The van der Waals surface area contributed by atoms with Gasteiger partial charge in [0.05, 0.1) is 5.69 Å². The summed E-state index contributed by atoms with van der Waals surface area (Å²) in [4.78, 5) is 11.7. The number of anilines is 1. The molecule has 0 aromatic carbocycles. The largest absolute Gasteiger partial charge is 0.367 e. The van der Waals surface area contributed by atoms with Gasteiger partial charge in [0, 0.05) is 31.2 Å². The summed E-state index contributed by atoms with van der Waals surface area (Å²) >= 11 is 0. The molecule has 0 aliphatic carbocycles. The Morgan fingerprint density at radius 2 is 2.08 bits per heavy atom. The molecule has 2 N–H and O–H groups in total. The van der Waals surface area contributed by atoms with Crippen LogP contribution in [-0.4, -0.2) is 48.8 Å². The molecule has 0 radical (unpaired) electrons. The van der Waals surface area contributed by atoms with Gasteiger partial charge in [0.25, 0.3) is 0 Å². The monoisotopic (exact) mass is 340 g/mol. The minimum absolute atomic E-state index is 0.0866. The van der Waals surface area contributed by atoms with E-state index in [1.807, 2.05) is 32.0 Å². The maximum Gasteiger partial charge on any atom is 0.241 e. The van der Waals surface area contributed by atoms with Crippen molar-refractivity contribution < 1.29 is 4.79 Å². The van der Waals surface area contributed by atoms with Gasteiger partial charge < -0.3 is 10.6 Å². The molecular weight excluding hydrogens is 320 g/mol. The number of nitrogens with one attached hydrogen (secondary N) is 2. The molecule has 0 aliphatic heterocycles. The first-order valence-corrected chi connectivity index (χ1v) is 7.97. The van der Waals surface area contributed by atoms with Crippen LogP contribution in [0.15, 0.2) is 36.7 Å². The van der Waals surface area contributed by atoms with Crippen LogP contribution in [0.25, 0.3) is 5.82 Å². The Hall–Kier alpha value is -3.23. The molecule has 130 valence electrons. The average Bonchev–Trinajstić information content (AvgIpc) is 3.21. The van der Waals surface area contributed by atoms with Gasteiger partial charge in [-0.25, -0.2) is 4.68 Å². The molecule has 9 heteroatoms. The van der Waals surface area contributed by atoms with E-state index >= 15 is 0 Å². The number of rotatable bonds is 7. The third kappa shape index (κ3) is 4.40. The van der Waals surface area contributed by atoms with Crippen molar-refractivity contribution in [2.24, 2.45) is 0 Å². The Bertz CT molecular complexity index is 822. The molecule has 0 saturated carbocycles. The maximum atomic E-state index is 11.7. The Labute approximate surface area is 145 Å². The van der Waals surface area contributed by atoms with Gasteiger partial charge >= 0.3 is 0 Å². The van der Waals surface area contributed by atoms with E-state index in [0.717, 1.165) is 11.4 Å². The summed E-state index contributed by atoms with van der Waals surface area (Å²) in [7, 11) is 0.